The molecule has 3 aromatic heterocycles. The second-order valence-corrected chi connectivity index (χ2v) is 14.5. The zero-order valence-electron chi connectivity index (χ0n) is 31.5. The lowest BCUT2D eigenvalue weighted by atomic mass is 9.99. The molecule has 0 bridgehead atoms. The monoisotopic (exact) mass is 745 g/mol. The van der Waals surface area contributed by atoms with Gasteiger partial charge in [0, 0.05) is 56.3 Å². The van der Waals surface area contributed by atoms with Gasteiger partial charge in [-0.2, -0.15) is 0 Å². The first kappa shape index (κ1) is 33.5. The molecule has 6 nitrogen and oxygen atoms in total. The van der Waals surface area contributed by atoms with Crippen molar-refractivity contribution >= 4 is 60.7 Å². The van der Waals surface area contributed by atoms with Gasteiger partial charge in [0.05, 0.1) is 22.1 Å². The number of furan rings is 1. The molecule has 0 amide bonds. The lowest BCUT2D eigenvalue weighted by Crippen LogP contribution is -2.18. The molecule has 11 rings (SSSR count). The van der Waals surface area contributed by atoms with Gasteiger partial charge in [0.15, 0.2) is 17.5 Å². The quantitative estimate of drug-likeness (QED) is 0.176. The van der Waals surface area contributed by atoms with Gasteiger partial charge in [-0.05, 0) is 72.3 Å². The molecule has 1 aliphatic rings. The highest BCUT2D eigenvalue weighted by molar-refractivity contribution is 6.25. The minimum absolute atomic E-state index is 0.616. The van der Waals surface area contributed by atoms with E-state index in [-0.39, 0.29) is 0 Å². The normalized spacial score (nSPS) is 14.1. The van der Waals surface area contributed by atoms with Crippen LogP contribution in [0.4, 0.5) is 11.4 Å². The summed E-state index contributed by atoms with van der Waals surface area (Å²) in [5.41, 5.74) is 11.7. The third-order valence-electron chi connectivity index (χ3n) is 11.0. The standard InChI is InChI=1S/C52H35N5O/c1-34-16-6-5-15-33-56(38-27-25-37(26-28-38)52-54-50(35-17-7-2-8-18-35)53-51(55-52)36-19-9-3-10-20-36)44-31-29-40-41-30-32-45-47(49(41)58-48(40)46(34)44)42-23-13-14-24-43(42)57(45)39-21-11-4-12-22-39/h2-32H,1,33H2/b15-5-,16-6-. The van der Waals surface area contributed by atoms with Crippen LogP contribution in [-0.2, 0) is 0 Å². The SMILES string of the molecule is C=C1/C=C\C=C/CN(c2ccc(-c3nc(-c4ccccc4)nc(-c4ccccc4)n3)cc2)c2ccc3c(oc4c3ccc3c4c4ccccc4n3-c3ccccc3)c21. The van der Waals surface area contributed by atoms with E-state index in [0.29, 0.717) is 24.0 Å². The van der Waals surface area contributed by atoms with Crippen LogP contribution in [0.5, 0.6) is 0 Å². The van der Waals surface area contributed by atoms with Gasteiger partial charge in [0.25, 0.3) is 0 Å². The summed E-state index contributed by atoms with van der Waals surface area (Å²) in [6.45, 7) is 5.23. The molecule has 10 aromatic rings. The fourth-order valence-electron chi connectivity index (χ4n) is 8.30. The number of anilines is 2. The summed E-state index contributed by atoms with van der Waals surface area (Å²) in [5.74, 6) is 1.89. The van der Waals surface area contributed by atoms with E-state index in [1.165, 1.54) is 0 Å². The number of aromatic nitrogens is 4. The Bertz CT molecular complexity index is 3190. The van der Waals surface area contributed by atoms with Crippen LogP contribution >= 0.6 is 0 Å². The number of hydrogen-bond donors (Lipinski definition) is 0. The molecule has 4 heterocycles. The Morgan fingerprint density at radius 2 is 1.07 bits per heavy atom. The second kappa shape index (κ2) is 13.7. The molecule has 58 heavy (non-hydrogen) atoms. The van der Waals surface area contributed by atoms with Gasteiger partial charge in [-0.25, -0.2) is 15.0 Å². The number of rotatable bonds is 5. The molecule has 0 spiro atoms. The number of allylic oxidation sites excluding steroid dienone is 4. The van der Waals surface area contributed by atoms with Crippen molar-refractivity contribution in [1.29, 1.82) is 0 Å². The number of fused-ring (bicyclic) bond motifs is 9. The van der Waals surface area contributed by atoms with E-state index in [1.807, 2.05) is 60.7 Å². The maximum absolute atomic E-state index is 7.11. The van der Waals surface area contributed by atoms with Crippen LogP contribution in [0.25, 0.3) is 89.2 Å². The summed E-state index contributed by atoms with van der Waals surface area (Å²) in [5, 5.41) is 4.39. The Morgan fingerprint density at radius 1 is 0.483 bits per heavy atom. The van der Waals surface area contributed by atoms with E-state index in [9.17, 15) is 0 Å². The molecule has 1 aliphatic heterocycles. The van der Waals surface area contributed by atoms with Gasteiger partial charge < -0.3 is 13.9 Å². The van der Waals surface area contributed by atoms with Crippen molar-refractivity contribution in [3.63, 3.8) is 0 Å². The molecule has 0 N–H and O–H groups in total. The van der Waals surface area contributed by atoms with E-state index in [0.717, 1.165) is 88.6 Å². The average molecular weight is 746 g/mol. The van der Waals surface area contributed by atoms with Crippen molar-refractivity contribution in [3.8, 4) is 39.9 Å². The van der Waals surface area contributed by atoms with Gasteiger partial charge in [-0.15, -0.1) is 0 Å². The molecular weight excluding hydrogens is 711 g/mol. The van der Waals surface area contributed by atoms with Gasteiger partial charge in [-0.1, -0.05) is 128 Å². The van der Waals surface area contributed by atoms with Crippen LogP contribution in [0.3, 0.4) is 0 Å². The molecular formula is C52H35N5O. The third-order valence-corrected chi connectivity index (χ3v) is 11.0. The molecule has 0 fully saturated rings. The van der Waals surface area contributed by atoms with Crippen molar-refractivity contribution in [2.24, 2.45) is 0 Å². The van der Waals surface area contributed by atoms with Crippen LogP contribution in [0.1, 0.15) is 5.56 Å². The van der Waals surface area contributed by atoms with Gasteiger partial charge in [0.1, 0.15) is 11.2 Å². The first-order chi connectivity index (χ1) is 28.7. The molecule has 6 heteroatoms. The van der Waals surface area contributed by atoms with Crippen molar-refractivity contribution in [1.82, 2.24) is 19.5 Å². The maximum Gasteiger partial charge on any atom is 0.164 e. The Labute approximate surface area is 335 Å². The van der Waals surface area contributed by atoms with E-state index in [4.69, 9.17) is 19.4 Å². The first-order valence-corrected chi connectivity index (χ1v) is 19.4. The summed E-state index contributed by atoms with van der Waals surface area (Å²) >= 11 is 0. The van der Waals surface area contributed by atoms with Crippen LogP contribution in [0.2, 0.25) is 0 Å². The highest BCUT2D eigenvalue weighted by Crippen LogP contribution is 2.45. The fourth-order valence-corrected chi connectivity index (χ4v) is 8.30. The molecule has 0 unspecified atom stereocenters. The summed E-state index contributed by atoms with van der Waals surface area (Å²) in [7, 11) is 0. The van der Waals surface area contributed by atoms with E-state index >= 15 is 0 Å². The third kappa shape index (κ3) is 5.53. The van der Waals surface area contributed by atoms with Crippen LogP contribution < -0.4 is 4.90 Å². The number of nitrogens with zero attached hydrogens (tertiary/aromatic N) is 5. The second-order valence-electron chi connectivity index (χ2n) is 14.5. The number of para-hydroxylation sites is 2. The Morgan fingerprint density at radius 3 is 1.76 bits per heavy atom. The fraction of sp³-hybridized carbons (Fsp3) is 0.0192. The topological polar surface area (TPSA) is 60.0 Å². The number of hydrogen-bond acceptors (Lipinski definition) is 5. The zero-order valence-corrected chi connectivity index (χ0v) is 31.5. The van der Waals surface area contributed by atoms with E-state index in [1.54, 1.807) is 0 Å². The summed E-state index contributed by atoms with van der Waals surface area (Å²) < 4.78 is 9.43. The molecule has 0 saturated carbocycles. The average Bonchev–Trinajstić information content (AvgIpc) is 3.86. The van der Waals surface area contributed by atoms with E-state index in [2.05, 4.69) is 143 Å². The molecule has 274 valence electrons. The van der Waals surface area contributed by atoms with Crippen molar-refractivity contribution in [2.45, 2.75) is 0 Å². The van der Waals surface area contributed by atoms with Gasteiger partial charge in [-0.3, -0.25) is 0 Å². The predicted octanol–water partition coefficient (Wildman–Crippen LogP) is 13.1. The number of benzene rings is 7. The molecule has 0 saturated heterocycles. The molecule has 0 aliphatic carbocycles. The molecule has 7 aromatic carbocycles. The molecule has 0 atom stereocenters. The Balaban J connectivity index is 1.05. The Hall–Kier alpha value is -7.83. The van der Waals surface area contributed by atoms with Gasteiger partial charge >= 0.3 is 0 Å². The largest absolute Gasteiger partial charge is 0.455 e. The van der Waals surface area contributed by atoms with Crippen LogP contribution in [-0.4, -0.2) is 26.1 Å². The van der Waals surface area contributed by atoms with Crippen LogP contribution in [0.15, 0.2) is 199 Å². The van der Waals surface area contributed by atoms with Gasteiger partial charge in [0.2, 0.25) is 0 Å². The maximum atomic E-state index is 7.11. The predicted molar refractivity (Wildman–Crippen MR) is 239 cm³/mol. The highest BCUT2D eigenvalue weighted by Gasteiger charge is 2.24. The first-order valence-electron chi connectivity index (χ1n) is 19.4. The zero-order chi connectivity index (χ0) is 38.6. The van der Waals surface area contributed by atoms with Crippen LogP contribution in [0, 0.1) is 0 Å². The Kier molecular flexibility index (Phi) is 7.93. The lowest BCUT2D eigenvalue weighted by Gasteiger charge is -2.26. The minimum atomic E-state index is 0.616. The van der Waals surface area contributed by atoms with Crippen molar-refractivity contribution in [3.05, 3.63) is 200 Å². The smallest absolute Gasteiger partial charge is 0.164 e. The minimum Gasteiger partial charge on any atom is -0.455 e. The summed E-state index contributed by atoms with van der Waals surface area (Å²) in [4.78, 5) is 17.1. The van der Waals surface area contributed by atoms with Crippen molar-refractivity contribution < 1.29 is 4.42 Å². The lowest BCUT2D eigenvalue weighted by molar-refractivity contribution is 0.671. The molecule has 0 radical (unpaired) electrons. The summed E-state index contributed by atoms with van der Waals surface area (Å²) in [6, 6.07) is 56.5. The highest BCUT2D eigenvalue weighted by atomic mass is 16.3. The summed E-state index contributed by atoms with van der Waals surface area (Å²) in [6.07, 6.45) is 8.38. The van der Waals surface area contributed by atoms with E-state index < -0.39 is 0 Å². The van der Waals surface area contributed by atoms with Crippen molar-refractivity contribution in [2.75, 3.05) is 11.4 Å².